The smallest absolute Gasteiger partial charge is 0.246 e. The maximum Gasteiger partial charge on any atom is 0.246 e. The summed E-state index contributed by atoms with van der Waals surface area (Å²) in [6, 6.07) is 16.4. The molecule has 6 nitrogen and oxygen atoms in total. The maximum absolute atomic E-state index is 13.3. The molecule has 2 aromatic rings. The highest BCUT2D eigenvalue weighted by atomic mass is 32.1. The first-order valence-electron chi connectivity index (χ1n) is 11.6. The van der Waals surface area contributed by atoms with Gasteiger partial charge in [0.15, 0.2) is 5.11 Å². The van der Waals surface area contributed by atoms with Crippen LogP contribution in [-0.4, -0.2) is 61.3 Å². The lowest BCUT2D eigenvalue weighted by Crippen LogP contribution is -2.56. The molecule has 1 fully saturated rings. The van der Waals surface area contributed by atoms with Crippen LogP contribution in [0.5, 0.6) is 5.75 Å². The van der Waals surface area contributed by atoms with Crippen LogP contribution >= 0.6 is 12.2 Å². The topological polar surface area (TPSA) is 48.1 Å². The van der Waals surface area contributed by atoms with Crippen LogP contribution in [0.1, 0.15) is 38.7 Å². The van der Waals surface area contributed by atoms with Gasteiger partial charge in [0.25, 0.3) is 0 Å². The van der Waals surface area contributed by atoms with Gasteiger partial charge in [0.2, 0.25) is 5.91 Å². The zero-order valence-corrected chi connectivity index (χ0v) is 20.8. The number of amides is 1. The number of carbonyl (C=O) groups excluding carboxylic acids is 1. The summed E-state index contributed by atoms with van der Waals surface area (Å²) >= 11 is 5.64. The summed E-state index contributed by atoms with van der Waals surface area (Å²) in [5.41, 5.74) is 3.21. The van der Waals surface area contributed by atoms with Crippen LogP contribution in [-0.2, 0) is 4.79 Å². The summed E-state index contributed by atoms with van der Waals surface area (Å²) in [6.07, 6.45) is 0.938. The molecule has 2 aromatic carbocycles. The maximum atomic E-state index is 13.3. The molecule has 33 heavy (non-hydrogen) atoms. The van der Waals surface area contributed by atoms with Crippen LogP contribution in [0.2, 0.25) is 0 Å². The number of ether oxygens (including phenoxy) is 1. The Bertz CT molecular complexity index is 1000. The van der Waals surface area contributed by atoms with E-state index in [0.717, 1.165) is 44.0 Å². The standard InChI is InChI=1S/C26H34N4O2S/c1-19-17-26(2,3)30(23-8-6-5-7-22(19)23)24(31)18-27-25(33)29-15-13-28(14-16-29)20-9-11-21(32-4)12-10-20/h5-12,19H,13-18H2,1-4H3,(H,27,33)/t19-/m1/s1. The fourth-order valence-electron chi connectivity index (χ4n) is 5.16. The number of para-hydroxylation sites is 1. The Hall–Kier alpha value is -2.80. The Kier molecular flexibility index (Phi) is 6.79. The largest absolute Gasteiger partial charge is 0.497 e. The van der Waals surface area contributed by atoms with E-state index in [0.29, 0.717) is 11.0 Å². The van der Waals surface area contributed by atoms with Gasteiger partial charge < -0.3 is 24.8 Å². The minimum absolute atomic E-state index is 0.0542. The van der Waals surface area contributed by atoms with Crippen molar-refractivity contribution in [2.45, 2.75) is 38.6 Å². The number of hydrogen-bond acceptors (Lipinski definition) is 4. The van der Waals surface area contributed by atoms with E-state index in [2.05, 4.69) is 66.2 Å². The van der Waals surface area contributed by atoms with Crippen molar-refractivity contribution in [1.29, 1.82) is 0 Å². The highest BCUT2D eigenvalue weighted by Crippen LogP contribution is 2.43. The number of carbonyl (C=O) groups is 1. The number of benzene rings is 2. The third-order valence-corrected chi connectivity index (χ3v) is 7.17. The highest BCUT2D eigenvalue weighted by Gasteiger charge is 2.39. The molecule has 4 rings (SSSR count). The van der Waals surface area contributed by atoms with Crippen molar-refractivity contribution in [3.05, 3.63) is 54.1 Å². The van der Waals surface area contributed by atoms with Crippen LogP contribution in [0.15, 0.2) is 48.5 Å². The third kappa shape index (κ3) is 4.93. The van der Waals surface area contributed by atoms with E-state index >= 15 is 0 Å². The predicted octanol–water partition coefficient (Wildman–Crippen LogP) is 4.01. The molecule has 2 heterocycles. The Morgan fingerprint density at radius 2 is 1.76 bits per heavy atom. The van der Waals surface area contributed by atoms with Gasteiger partial charge in [-0.25, -0.2) is 0 Å². The van der Waals surface area contributed by atoms with Crippen LogP contribution in [0.25, 0.3) is 0 Å². The number of rotatable bonds is 4. The van der Waals surface area contributed by atoms with Gasteiger partial charge in [0, 0.05) is 43.1 Å². The molecular formula is C26H34N4O2S. The fraction of sp³-hybridized carbons (Fsp3) is 0.462. The lowest BCUT2D eigenvalue weighted by Gasteiger charge is -2.46. The molecule has 0 spiro atoms. The van der Waals surface area contributed by atoms with E-state index in [-0.39, 0.29) is 18.0 Å². The van der Waals surface area contributed by atoms with Gasteiger partial charge in [-0.2, -0.15) is 0 Å². The Morgan fingerprint density at radius 3 is 2.42 bits per heavy atom. The first-order valence-corrected chi connectivity index (χ1v) is 12.0. The number of methoxy groups -OCH3 is 1. The molecule has 1 amide bonds. The SMILES string of the molecule is COc1ccc(N2CCN(C(=S)NCC(=O)N3c4ccccc4[C@H](C)CC3(C)C)CC2)cc1. The predicted molar refractivity (Wildman–Crippen MR) is 138 cm³/mol. The van der Waals surface area contributed by atoms with E-state index < -0.39 is 0 Å². The molecule has 1 saturated heterocycles. The zero-order chi connectivity index (χ0) is 23.6. The van der Waals surface area contributed by atoms with Gasteiger partial charge in [-0.3, -0.25) is 4.79 Å². The molecule has 0 saturated carbocycles. The first-order chi connectivity index (χ1) is 15.8. The molecular weight excluding hydrogens is 432 g/mol. The van der Waals surface area contributed by atoms with E-state index in [1.807, 2.05) is 23.1 Å². The Labute approximate surface area is 202 Å². The van der Waals surface area contributed by atoms with Gasteiger partial charge >= 0.3 is 0 Å². The Balaban J connectivity index is 1.33. The molecule has 0 aliphatic carbocycles. The van der Waals surface area contributed by atoms with Gasteiger partial charge in [0.05, 0.1) is 13.7 Å². The van der Waals surface area contributed by atoms with E-state index in [1.54, 1.807) is 7.11 Å². The van der Waals surface area contributed by atoms with Gasteiger partial charge in [0.1, 0.15) is 5.75 Å². The molecule has 7 heteroatoms. The number of nitrogens with zero attached hydrogens (tertiary/aromatic N) is 3. The van der Waals surface area contributed by atoms with Crippen LogP contribution in [0.3, 0.4) is 0 Å². The number of fused-ring (bicyclic) bond motifs is 1. The average Bonchev–Trinajstić information content (AvgIpc) is 2.82. The molecule has 1 N–H and O–H groups in total. The minimum atomic E-state index is -0.238. The molecule has 0 aromatic heterocycles. The van der Waals surface area contributed by atoms with Crippen molar-refractivity contribution in [3.8, 4) is 5.75 Å². The third-order valence-electron chi connectivity index (χ3n) is 6.76. The van der Waals surface area contributed by atoms with E-state index in [9.17, 15) is 4.79 Å². The lowest BCUT2D eigenvalue weighted by molar-refractivity contribution is -0.118. The number of anilines is 2. The monoisotopic (exact) mass is 466 g/mol. The average molecular weight is 467 g/mol. The molecule has 176 valence electrons. The number of nitrogens with one attached hydrogen (secondary N) is 1. The summed E-state index contributed by atoms with van der Waals surface area (Å²) in [7, 11) is 1.68. The second kappa shape index (κ2) is 9.59. The lowest BCUT2D eigenvalue weighted by atomic mass is 9.80. The summed E-state index contributed by atoms with van der Waals surface area (Å²) in [5, 5.41) is 3.88. The molecule has 0 bridgehead atoms. The van der Waals surface area contributed by atoms with Gasteiger partial charge in [-0.15, -0.1) is 0 Å². The second-order valence-corrected chi connectivity index (χ2v) is 9.92. The van der Waals surface area contributed by atoms with Gasteiger partial charge in [-0.05, 0) is 74.3 Å². The van der Waals surface area contributed by atoms with Crippen molar-refractivity contribution in [1.82, 2.24) is 10.2 Å². The first kappa shape index (κ1) is 23.4. The van der Waals surface area contributed by atoms with Crippen LogP contribution < -0.4 is 19.9 Å². The quantitative estimate of drug-likeness (QED) is 0.687. The second-order valence-electron chi connectivity index (χ2n) is 9.54. The molecule has 2 aliphatic rings. The fourth-order valence-corrected chi connectivity index (χ4v) is 5.41. The van der Waals surface area contributed by atoms with Crippen molar-refractivity contribution in [2.75, 3.05) is 49.6 Å². The number of hydrogen-bond donors (Lipinski definition) is 1. The van der Waals surface area contributed by atoms with Crippen LogP contribution in [0, 0.1) is 0 Å². The Morgan fingerprint density at radius 1 is 1.09 bits per heavy atom. The number of piperazine rings is 1. The van der Waals surface area contributed by atoms with Crippen molar-refractivity contribution < 1.29 is 9.53 Å². The minimum Gasteiger partial charge on any atom is -0.497 e. The zero-order valence-electron chi connectivity index (χ0n) is 20.0. The number of thiocarbonyl (C=S) groups is 1. The summed E-state index contributed by atoms with van der Waals surface area (Å²) < 4.78 is 5.25. The summed E-state index contributed by atoms with van der Waals surface area (Å²) in [6.45, 7) is 10.1. The van der Waals surface area contributed by atoms with Gasteiger partial charge in [-0.1, -0.05) is 25.1 Å². The van der Waals surface area contributed by atoms with Crippen molar-refractivity contribution >= 4 is 34.6 Å². The molecule has 0 unspecified atom stereocenters. The highest BCUT2D eigenvalue weighted by molar-refractivity contribution is 7.80. The van der Waals surface area contributed by atoms with E-state index in [4.69, 9.17) is 17.0 Å². The normalized spacial score (nSPS) is 19.6. The van der Waals surface area contributed by atoms with Crippen molar-refractivity contribution in [2.24, 2.45) is 0 Å². The van der Waals surface area contributed by atoms with Crippen LogP contribution in [0.4, 0.5) is 11.4 Å². The molecule has 2 aliphatic heterocycles. The van der Waals surface area contributed by atoms with E-state index in [1.165, 1.54) is 11.3 Å². The molecule has 0 radical (unpaired) electrons. The molecule has 1 atom stereocenters. The van der Waals surface area contributed by atoms with Crippen molar-refractivity contribution in [3.63, 3.8) is 0 Å². The summed E-state index contributed by atoms with van der Waals surface area (Å²) in [4.78, 5) is 19.8. The summed E-state index contributed by atoms with van der Waals surface area (Å²) in [5.74, 6) is 1.34.